The maximum Gasteiger partial charge on any atom is 0.231 e. The van der Waals surface area contributed by atoms with Crippen LogP contribution in [-0.2, 0) is 24.3 Å². The number of rotatable bonds is 5. The molecule has 0 spiro atoms. The number of hydrogen-bond acceptors (Lipinski definition) is 6. The number of hydrogen-bond donors (Lipinski definition) is 1. The molecule has 0 unspecified atom stereocenters. The molecule has 5 heterocycles. The van der Waals surface area contributed by atoms with Gasteiger partial charge in [0.25, 0.3) is 0 Å². The van der Waals surface area contributed by atoms with Gasteiger partial charge < -0.3 is 10.0 Å². The van der Waals surface area contributed by atoms with Crippen LogP contribution < -0.4 is 0 Å². The first-order chi connectivity index (χ1) is 15.1. The van der Waals surface area contributed by atoms with Gasteiger partial charge in [0.1, 0.15) is 0 Å². The van der Waals surface area contributed by atoms with Crippen LogP contribution in [0, 0.1) is 5.82 Å². The first-order valence-corrected chi connectivity index (χ1v) is 9.71. The van der Waals surface area contributed by atoms with Gasteiger partial charge in [-0.3, -0.25) is 18.9 Å². The van der Waals surface area contributed by atoms with Crippen LogP contribution in [0.5, 0.6) is 0 Å². The topological polar surface area (TPSA) is 101 Å². The molecule has 31 heavy (non-hydrogen) atoms. The molecule has 0 bridgehead atoms. The van der Waals surface area contributed by atoms with Crippen LogP contribution in [0.25, 0.3) is 22.9 Å². The Labute approximate surface area is 176 Å². The van der Waals surface area contributed by atoms with Crippen molar-refractivity contribution in [1.82, 2.24) is 34.3 Å². The van der Waals surface area contributed by atoms with Crippen LogP contribution in [-0.4, -0.2) is 51.9 Å². The van der Waals surface area contributed by atoms with Gasteiger partial charge in [0, 0.05) is 35.9 Å². The lowest BCUT2D eigenvalue weighted by molar-refractivity contribution is -0.128. The summed E-state index contributed by atoms with van der Waals surface area (Å²) >= 11 is 0. The summed E-state index contributed by atoms with van der Waals surface area (Å²) < 4.78 is 17.8. The standard InChI is InChI=1S/C21H18FN7O2/c22-17-8-15(16-10-24-28(11-16)6-7-30)12-29-19(25-26-21(17)29)13-27-5-3-18-14(9-20(27)31)2-1-4-23-18/h1-5,8,10-12,30H,6-7,9,13H2. The minimum Gasteiger partial charge on any atom is -0.394 e. The summed E-state index contributed by atoms with van der Waals surface area (Å²) in [6.07, 6.45) is 10.4. The van der Waals surface area contributed by atoms with Gasteiger partial charge in [-0.25, -0.2) is 4.39 Å². The summed E-state index contributed by atoms with van der Waals surface area (Å²) in [5.41, 5.74) is 2.96. The van der Waals surface area contributed by atoms with E-state index >= 15 is 0 Å². The molecule has 10 heteroatoms. The largest absolute Gasteiger partial charge is 0.394 e. The van der Waals surface area contributed by atoms with E-state index < -0.39 is 5.82 Å². The fraction of sp³-hybridized carbons (Fsp3) is 0.190. The normalized spacial score (nSPS) is 13.6. The number of fused-ring (bicyclic) bond motifs is 2. The van der Waals surface area contributed by atoms with Crippen LogP contribution in [0.1, 0.15) is 17.1 Å². The van der Waals surface area contributed by atoms with Crippen molar-refractivity contribution in [2.24, 2.45) is 0 Å². The first-order valence-electron chi connectivity index (χ1n) is 9.71. The molecule has 9 nitrogen and oxygen atoms in total. The van der Waals surface area contributed by atoms with Crippen LogP contribution in [0.15, 0.2) is 49.2 Å². The van der Waals surface area contributed by atoms with E-state index in [1.807, 2.05) is 6.07 Å². The van der Waals surface area contributed by atoms with Crippen LogP contribution in [0.4, 0.5) is 4.39 Å². The maximum atomic E-state index is 14.7. The van der Waals surface area contributed by atoms with E-state index in [0.717, 1.165) is 11.3 Å². The van der Waals surface area contributed by atoms with Gasteiger partial charge in [0.05, 0.1) is 38.0 Å². The van der Waals surface area contributed by atoms with Crippen molar-refractivity contribution in [3.63, 3.8) is 0 Å². The monoisotopic (exact) mass is 419 g/mol. The van der Waals surface area contributed by atoms with Gasteiger partial charge >= 0.3 is 0 Å². The van der Waals surface area contributed by atoms with E-state index in [0.29, 0.717) is 23.5 Å². The summed E-state index contributed by atoms with van der Waals surface area (Å²) in [6.45, 7) is 0.446. The number of carbonyl (C=O) groups excluding carboxylic acids is 1. The zero-order valence-corrected chi connectivity index (χ0v) is 16.4. The fourth-order valence-corrected chi connectivity index (χ4v) is 3.55. The quantitative estimate of drug-likeness (QED) is 0.528. The number of aromatic nitrogens is 6. The summed E-state index contributed by atoms with van der Waals surface area (Å²) in [5, 5.41) is 21.3. The lowest BCUT2D eigenvalue weighted by atomic mass is 10.1. The second-order valence-electron chi connectivity index (χ2n) is 7.16. The molecule has 156 valence electrons. The number of aliphatic hydroxyl groups is 1. The number of carbonyl (C=O) groups is 1. The van der Waals surface area contributed by atoms with Crippen molar-refractivity contribution in [3.8, 4) is 11.1 Å². The van der Waals surface area contributed by atoms with Gasteiger partial charge in [0.2, 0.25) is 5.91 Å². The summed E-state index contributed by atoms with van der Waals surface area (Å²) in [4.78, 5) is 18.6. The van der Waals surface area contributed by atoms with Crippen molar-refractivity contribution >= 4 is 17.6 Å². The van der Waals surface area contributed by atoms with Crippen LogP contribution in [0.3, 0.4) is 0 Å². The molecular weight excluding hydrogens is 401 g/mol. The first kappa shape index (κ1) is 19.1. The van der Waals surface area contributed by atoms with Crippen molar-refractivity contribution < 1.29 is 14.3 Å². The molecule has 0 fully saturated rings. The lowest BCUT2D eigenvalue weighted by Crippen LogP contribution is -2.26. The van der Waals surface area contributed by atoms with Crippen LogP contribution >= 0.6 is 0 Å². The lowest BCUT2D eigenvalue weighted by Gasteiger charge is -2.16. The molecule has 1 aliphatic rings. The molecule has 4 aromatic rings. The Bertz CT molecular complexity index is 1310. The molecule has 0 atom stereocenters. The van der Waals surface area contributed by atoms with Crippen molar-refractivity contribution in [1.29, 1.82) is 0 Å². The average Bonchev–Trinajstić information content (AvgIpc) is 3.36. The Hall–Kier alpha value is -3.92. The molecule has 0 aliphatic carbocycles. The highest BCUT2D eigenvalue weighted by Gasteiger charge is 2.21. The van der Waals surface area contributed by atoms with Crippen LogP contribution in [0.2, 0.25) is 0 Å². The fourth-order valence-electron chi connectivity index (χ4n) is 3.55. The summed E-state index contributed by atoms with van der Waals surface area (Å²) in [5.74, 6) is -0.211. The van der Waals surface area contributed by atoms with Crippen molar-refractivity contribution in [3.05, 3.63) is 72.1 Å². The van der Waals surface area contributed by atoms with E-state index in [2.05, 4.69) is 20.3 Å². The van der Waals surface area contributed by atoms with Crippen molar-refractivity contribution in [2.75, 3.05) is 6.61 Å². The second-order valence-corrected chi connectivity index (χ2v) is 7.16. The Morgan fingerprint density at radius 3 is 2.97 bits per heavy atom. The third-order valence-electron chi connectivity index (χ3n) is 5.14. The minimum atomic E-state index is -0.527. The summed E-state index contributed by atoms with van der Waals surface area (Å²) in [6, 6.07) is 5.04. The summed E-state index contributed by atoms with van der Waals surface area (Å²) in [7, 11) is 0. The number of halogens is 1. The highest BCUT2D eigenvalue weighted by Crippen LogP contribution is 2.23. The van der Waals surface area contributed by atoms with Gasteiger partial charge in [-0.15, -0.1) is 10.2 Å². The molecule has 0 radical (unpaired) electrons. The van der Waals surface area contributed by atoms with Gasteiger partial charge in [-0.2, -0.15) is 5.10 Å². The molecule has 1 aliphatic heterocycles. The number of aliphatic hydroxyl groups excluding tert-OH is 1. The van der Waals surface area contributed by atoms with E-state index in [4.69, 9.17) is 5.11 Å². The van der Waals surface area contributed by atoms with Gasteiger partial charge in [-0.05, 0) is 23.8 Å². The zero-order valence-electron chi connectivity index (χ0n) is 16.4. The molecule has 5 rings (SSSR count). The van der Waals surface area contributed by atoms with Gasteiger partial charge in [-0.1, -0.05) is 6.07 Å². The third kappa shape index (κ3) is 3.57. The highest BCUT2D eigenvalue weighted by atomic mass is 19.1. The predicted octanol–water partition coefficient (Wildman–Crippen LogP) is 1.67. The Morgan fingerprint density at radius 1 is 1.19 bits per heavy atom. The Morgan fingerprint density at radius 2 is 2.10 bits per heavy atom. The Balaban J connectivity index is 1.48. The number of amides is 1. The molecule has 0 saturated heterocycles. The second kappa shape index (κ2) is 7.73. The molecule has 1 amide bonds. The molecule has 0 saturated carbocycles. The third-order valence-corrected chi connectivity index (χ3v) is 5.14. The smallest absolute Gasteiger partial charge is 0.231 e. The number of pyridine rings is 2. The Kier molecular flexibility index (Phi) is 4.75. The maximum absolute atomic E-state index is 14.7. The molecule has 1 N–H and O–H groups in total. The molecule has 0 aromatic carbocycles. The molecule has 4 aromatic heterocycles. The van der Waals surface area contributed by atoms with E-state index in [1.54, 1.807) is 52.2 Å². The number of nitrogens with zero attached hydrogens (tertiary/aromatic N) is 7. The highest BCUT2D eigenvalue weighted by molar-refractivity contribution is 5.83. The van der Waals surface area contributed by atoms with E-state index in [9.17, 15) is 9.18 Å². The van der Waals surface area contributed by atoms with E-state index in [-0.39, 0.29) is 31.1 Å². The van der Waals surface area contributed by atoms with E-state index in [1.165, 1.54) is 11.0 Å². The minimum absolute atomic E-state index is 0.0408. The SMILES string of the molecule is O=C1Cc2cccnc2C=CN1Cc1nnc2c(F)cc(-c3cnn(CCO)c3)cn12. The van der Waals surface area contributed by atoms with Crippen molar-refractivity contribution in [2.45, 2.75) is 19.5 Å². The predicted molar refractivity (Wildman–Crippen MR) is 109 cm³/mol. The average molecular weight is 419 g/mol. The van der Waals surface area contributed by atoms with Gasteiger partial charge in [0.15, 0.2) is 17.3 Å². The zero-order chi connectivity index (χ0) is 21.4. The molecular formula is C21H18FN7O2.